The normalized spacial score (nSPS) is 8.30. The van der Waals surface area contributed by atoms with E-state index in [4.69, 9.17) is 20.1 Å². The van der Waals surface area contributed by atoms with E-state index in [9.17, 15) is 4.79 Å². The first-order chi connectivity index (χ1) is 9.72. The molecule has 0 saturated heterocycles. The van der Waals surface area contributed by atoms with Crippen LogP contribution in [0, 0.1) is 0 Å². The van der Waals surface area contributed by atoms with Crippen LogP contribution in [-0.2, 0) is 14.3 Å². The van der Waals surface area contributed by atoms with Crippen molar-refractivity contribution in [1.82, 2.24) is 0 Å². The van der Waals surface area contributed by atoms with Crippen molar-refractivity contribution in [2.24, 2.45) is 0 Å². The van der Waals surface area contributed by atoms with Crippen molar-refractivity contribution in [1.29, 1.82) is 0 Å². The number of carbonyl (C=O) groups excluding carboxylic acids is 1. The maximum atomic E-state index is 10.4. The molecule has 0 unspecified atom stereocenters. The number of aliphatic hydroxyl groups is 3. The fraction of sp³-hybridized carbons (Fsp3) is 0.786. The third-order valence-electron chi connectivity index (χ3n) is 2.11. The van der Waals surface area contributed by atoms with Crippen molar-refractivity contribution in [2.75, 3.05) is 39.6 Å². The second kappa shape index (κ2) is 30.8. The number of aliphatic hydroxyl groups excluding tert-OH is 3. The molecule has 0 aromatic heterocycles. The van der Waals surface area contributed by atoms with Gasteiger partial charge in [-0.25, -0.2) is 4.79 Å². The Hall–Kier alpha value is -3.95. The van der Waals surface area contributed by atoms with Crippen LogP contribution in [-0.4, -0.2) is 60.9 Å². The van der Waals surface area contributed by atoms with E-state index in [0.29, 0.717) is 39.1 Å². The maximum absolute atomic E-state index is 10.4. The van der Waals surface area contributed by atoms with Crippen molar-refractivity contribution in [3.8, 4) is 0 Å². The topological polar surface area (TPSA) is 96.2 Å². The van der Waals surface area contributed by atoms with E-state index >= 15 is 0 Å². The maximum Gasteiger partial charge on any atom is 0.330 e. The Morgan fingerprint density at radius 2 is 1.22 bits per heavy atom. The summed E-state index contributed by atoms with van der Waals surface area (Å²) in [6.45, 7) is 5.50. The molecule has 0 fully saturated rings. The molecule has 23 heavy (non-hydrogen) atoms. The first-order valence-electron chi connectivity index (χ1n) is 6.92. The molecular weight excluding hydrogens is 1070 g/mol. The second-order valence-corrected chi connectivity index (χ2v) is 3.92. The molecule has 0 heterocycles. The van der Waals surface area contributed by atoms with Crippen LogP contribution in [0.5, 0.6) is 0 Å². The summed E-state index contributed by atoms with van der Waals surface area (Å²) in [5.41, 5.74) is 0. The fourth-order valence-corrected chi connectivity index (χ4v) is 1.03. The number of hydrogen-bond acceptors (Lipinski definition) is 6. The summed E-state index contributed by atoms with van der Waals surface area (Å²) in [5.74, 6) is -0.405. The van der Waals surface area contributed by atoms with E-state index in [1.54, 1.807) is 0 Å². The van der Waals surface area contributed by atoms with Crippen molar-refractivity contribution >= 4 is 5.97 Å². The average molecular weight is 1090 g/mol. The predicted molar refractivity (Wildman–Crippen MR) is 76.3 cm³/mol. The standard InChI is InChI=1S/C7H12O3.C7H16O3.3Rf/c1-2-7(9)10-6-4-3-5-8;8-4-1-2-6-10-7-3-5-9;;;/h2,8H,1,3-6H2;8-9H,1-7H2;;;. The number of ether oxygens (including phenoxy) is 2. The van der Waals surface area contributed by atoms with Crippen LogP contribution < -0.4 is 0 Å². The smallest absolute Gasteiger partial charge is 0.330 e. The predicted octanol–water partition coefficient (Wildman–Crippen LogP) is 0.646. The molecule has 0 aliphatic carbocycles. The van der Waals surface area contributed by atoms with Gasteiger partial charge in [0.2, 0.25) is 0 Å². The Kier molecular flexibility index (Phi) is 42.1. The SMILES string of the molecule is C=CC(=O)OCCCCO.OCCCCOCCCO.[Rf].[Rf].[Rf]. The molecule has 0 saturated carbocycles. The van der Waals surface area contributed by atoms with Crippen molar-refractivity contribution in [3.63, 3.8) is 0 Å². The zero-order valence-corrected chi connectivity index (χ0v) is 33.4. The molecule has 3 N–H and O–H groups in total. The Labute approximate surface area is 121 Å². The van der Waals surface area contributed by atoms with Gasteiger partial charge in [0, 0.05) is 39.1 Å². The monoisotopic (exact) mass is 1090 g/mol. The van der Waals surface area contributed by atoms with E-state index in [2.05, 4.69) is 11.3 Å². The molecule has 0 rings (SSSR count). The molecule has 9 heteroatoms. The van der Waals surface area contributed by atoms with Crippen LogP contribution in [0.15, 0.2) is 12.7 Å². The van der Waals surface area contributed by atoms with Gasteiger partial charge in [0.05, 0.1) is 6.61 Å². The Bertz CT molecular complexity index is 213. The number of esters is 1. The zero-order valence-electron chi connectivity index (χ0n) is 14.3. The number of unbranched alkanes of at least 4 members (excludes halogenated alkanes) is 2. The minimum absolute atomic E-state index is 0. The van der Waals surface area contributed by atoms with Crippen molar-refractivity contribution in [3.05, 3.63) is 12.7 Å². The van der Waals surface area contributed by atoms with Gasteiger partial charge in [-0.05, 0) is 32.1 Å². The minimum atomic E-state index is -0.405. The second-order valence-electron chi connectivity index (χ2n) is 3.92. The first-order valence-corrected chi connectivity index (χ1v) is 6.92. The molecule has 126 valence electrons. The van der Waals surface area contributed by atoms with Crippen LogP contribution in [0.4, 0.5) is 0 Å². The number of rotatable bonds is 12. The summed E-state index contributed by atoms with van der Waals surface area (Å²) in [4.78, 5) is 10.4. The van der Waals surface area contributed by atoms with Gasteiger partial charge in [-0.3, -0.25) is 0 Å². The van der Waals surface area contributed by atoms with E-state index in [1.807, 2.05) is 0 Å². The van der Waals surface area contributed by atoms with E-state index in [-0.39, 0.29) is 19.8 Å². The first kappa shape index (κ1) is 31.4. The molecular formula is C14H28O6Rf3. The molecule has 0 atom stereocenters. The summed E-state index contributed by atoms with van der Waals surface area (Å²) >= 11 is 0. The van der Waals surface area contributed by atoms with Gasteiger partial charge in [0.15, 0.2) is 0 Å². The van der Waals surface area contributed by atoms with Crippen LogP contribution in [0.2, 0.25) is 0 Å². The Morgan fingerprint density at radius 3 is 1.65 bits per heavy atom. The van der Waals surface area contributed by atoms with Crippen molar-refractivity contribution < 1.29 is 29.6 Å². The fourth-order valence-electron chi connectivity index (χ4n) is 1.03. The minimum Gasteiger partial charge on any atom is -0.463 e. The number of carbonyl (C=O) groups is 1. The van der Waals surface area contributed by atoms with E-state index in [0.717, 1.165) is 18.9 Å². The average Bonchev–Trinajstić information content (AvgIpc) is 2.48. The molecule has 6 nitrogen and oxygen atoms in total. The summed E-state index contributed by atoms with van der Waals surface area (Å²) in [6, 6.07) is 0. The Morgan fingerprint density at radius 1 is 0.783 bits per heavy atom. The van der Waals surface area contributed by atoms with Gasteiger partial charge < -0.3 is 24.8 Å². The molecule has 0 aliphatic heterocycles. The molecule has 0 spiro atoms. The molecule has 0 aromatic rings. The van der Waals surface area contributed by atoms with Crippen LogP contribution in [0.1, 0.15) is 32.1 Å². The van der Waals surface area contributed by atoms with Gasteiger partial charge in [0.1, 0.15) is 0 Å². The quantitative estimate of drug-likeness (QED) is 0.151. The summed E-state index contributed by atoms with van der Waals surface area (Å²) in [7, 11) is 0. The molecule has 0 aliphatic rings. The largest absolute Gasteiger partial charge is 0.463 e. The number of hydrogen-bond donors (Lipinski definition) is 3. The molecule has 0 aromatic carbocycles. The third-order valence-corrected chi connectivity index (χ3v) is 2.11. The zero-order chi connectivity index (χ0) is 15.5. The van der Waals surface area contributed by atoms with Crippen LogP contribution in [0.25, 0.3) is 0 Å². The summed E-state index contributed by atoms with van der Waals surface area (Å²) in [6.07, 6.45) is 4.92. The van der Waals surface area contributed by atoms with Gasteiger partial charge in [0.25, 0.3) is 0 Å². The van der Waals surface area contributed by atoms with Gasteiger partial charge in [-0.1, -0.05) is 6.58 Å². The van der Waals surface area contributed by atoms with Gasteiger partial charge >= 0.3 is 5.97 Å². The molecule has 0 bridgehead atoms. The molecule has 0 amide bonds. The third kappa shape index (κ3) is 38.1. The molecule has 0 radical (unpaired) electrons. The summed E-state index contributed by atoms with van der Waals surface area (Å²) < 4.78 is 9.73. The van der Waals surface area contributed by atoms with Crippen molar-refractivity contribution in [2.45, 2.75) is 32.1 Å². The van der Waals surface area contributed by atoms with Gasteiger partial charge in [-0.15, -0.1) is 0 Å². The van der Waals surface area contributed by atoms with Crippen LogP contribution in [0.3, 0.4) is 0 Å². The van der Waals surface area contributed by atoms with Gasteiger partial charge in [-0.2, -0.15) is 0 Å². The van der Waals surface area contributed by atoms with Crippen LogP contribution >= 0.6 is 0 Å². The van der Waals surface area contributed by atoms with E-state index in [1.165, 1.54) is 0 Å². The Balaban J connectivity index is -0.0000000831. The summed E-state index contributed by atoms with van der Waals surface area (Å²) in [5, 5.41) is 25.1. The van der Waals surface area contributed by atoms with E-state index < -0.39 is 5.97 Å².